The lowest BCUT2D eigenvalue weighted by atomic mass is 10.2. The monoisotopic (exact) mass is 278 g/mol. The molecule has 0 aliphatic carbocycles. The summed E-state index contributed by atoms with van der Waals surface area (Å²) in [6, 6.07) is -0.269. The summed E-state index contributed by atoms with van der Waals surface area (Å²) in [6.07, 6.45) is 0.341. The summed E-state index contributed by atoms with van der Waals surface area (Å²) < 4.78 is 28.1. The molecule has 0 aromatic rings. The molecule has 6 nitrogen and oxygen atoms in total. The van der Waals surface area contributed by atoms with Crippen LogP contribution in [-0.2, 0) is 19.4 Å². The molecule has 1 heterocycles. The number of ether oxygens (including phenoxy) is 1. The molecule has 1 aliphatic heterocycles. The van der Waals surface area contributed by atoms with Crippen LogP contribution in [0.15, 0.2) is 0 Å². The van der Waals surface area contributed by atoms with E-state index >= 15 is 0 Å². The molecule has 1 atom stereocenters. The minimum absolute atomic E-state index is 0.0446. The van der Waals surface area contributed by atoms with E-state index in [4.69, 9.17) is 4.74 Å². The fourth-order valence-electron chi connectivity index (χ4n) is 1.78. The molecule has 0 saturated carbocycles. The Morgan fingerprint density at radius 2 is 2.22 bits per heavy atom. The second-order valence-corrected chi connectivity index (χ2v) is 6.97. The van der Waals surface area contributed by atoms with Crippen LogP contribution in [0.1, 0.15) is 20.3 Å². The van der Waals surface area contributed by atoms with Gasteiger partial charge < -0.3 is 15.4 Å². The van der Waals surface area contributed by atoms with Crippen molar-refractivity contribution in [3.8, 4) is 0 Å². The van der Waals surface area contributed by atoms with Crippen molar-refractivity contribution in [3.63, 3.8) is 0 Å². The SMILES string of the molecule is CC(C)OCCNC(=O)CC1CS(=O)(=O)CCN1. The van der Waals surface area contributed by atoms with Crippen LogP contribution in [0.2, 0.25) is 0 Å². The van der Waals surface area contributed by atoms with Gasteiger partial charge in [0.15, 0.2) is 9.84 Å². The second kappa shape index (κ2) is 7.06. The van der Waals surface area contributed by atoms with Gasteiger partial charge in [0.05, 0.1) is 24.2 Å². The molecule has 0 aromatic heterocycles. The van der Waals surface area contributed by atoms with Crippen LogP contribution in [0.4, 0.5) is 0 Å². The number of hydrogen-bond donors (Lipinski definition) is 2. The number of rotatable bonds is 6. The van der Waals surface area contributed by atoms with Crippen LogP contribution in [0.3, 0.4) is 0 Å². The minimum Gasteiger partial charge on any atom is -0.377 e. The lowest BCUT2D eigenvalue weighted by Gasteiger charge is -2.23. The van der Waals surface area contributed by atoms with Gasteiger partial charge in [-0.2, -0.15) is 0 Å². The molecule has 1 unspecified atom stereocenters. The Bertz CT molecular complexity index is 367. The molecular formula is C11H22N2O4S. The van der Waals surface area contributed by atoms with Crippen molar-refractivity contribution in [3.05, 3.63) is 0 Å². The van der Waals surface area contributed by atoms with Gasteiger partial charge in [-0.1, -0.05) is 0 Å². The van der Waals surface area contributed by atoms with Crippen LogP contribution in [0, 0.1) is 0 Å². The van der Waals surface area contributed by atoms with Gasteiger partial charge in [-0.25, -0.2) is 8.42 Å². The van der Waals surface area contributed by atoms with Crippen LogP contribution in [-0.4, -0.2) is 57.7 Å². The first kappa shape index (κ1) is 15.4. The zero-order valence-corrected chi connectivity index (χ0v) is 11.8. The smallest absolute Gasteiger partial charge is 0.221 e. The summed E-state index contributed by atoms with van der Waals surface area (Å²) in [5.41, 5.74) is 0. The standard InChI is InChI=1S/C11H22N2O4S/c1-9(2)17-5-3-13-11(14)7-10-8-18(15,16)6-4-12-10/h9-10,12H,3-8H2,1-2H3,(H,13,14). The van der Waals surface area contributed by atoms with Crippen LogP contribution in [0.25, 0.3) is 0 Å². The lowest BCUT2D eigenvalue weighted by molar-refractivity contribution is -0.121. The van der Waals surface area contributed by atoms with E-state index in [-0.39, 0.29) is 36.0 Å². The van der Waals surface area contributed by atoms with Crippen molar-refractivity contribution in [2.24, 2.45) is 0 Å². The van der Waals surface area contributed by atoms with E-state index < -0.39 is 9.84 Å². The molecule has 0 spiro atoms. The first-order valence-corrected chi connectivity index (χ1v) is 8.03. The second-order valence-electron chi connectivity index (χ2n) is 4.74. The number of nitrogens with one attached hydrogen (secondary N) is 2. The molecular weight excluding hydrogens is 256 g/mol. The van der Waals surface area contributed by atoms with Crippen molar-refractivity contribution in [1.82, 2.24) is 10.6 Å². The quantitative estimate of drug-likeness (QED) is 0.628. The summed E-state index contributed by atoms with van der Waals surface area (Å²) in [6.45, 7) is 5.21. The fraction of sp³-hybridized carbons (Fsp3) is 0.909. The van der Waals surface area contributed by atoms with E-state index in [2.05, 4.69) is 10.6 Å². The van der Waals surface area contributed by atoms with E-state index in [0.717, 1.165) is 0 Å². The predicted octanol–water partition coefficient (Wildman–Crippen LogP) is -0.696. The zero-order valence-electron chi connectivity index (χ0n) is 10.9. The van der Waals surface area contributed by atoms with E-state index in [1.807, 2.05) is 13.8 Å². The van der Waals surface area contributed by atoms with Gasteiger partial charge in [-0.05, 0) is 13.8 Å². The normalized spacial score (nSPS) is 22.9. The van der Waals surface area contributed by atoms with Crippen molar-refractivity contribution in [2.75, 3.05) is 31.2 Å². The third-order valence-corrected chi connectivity index (χ3v) is 4.34. The highest BCUT2D eigenvalue weighted by Crippen LogP contribution is 2.04. The highest BCUT2D eigenvalue weighted by atomic mass is 32.2. The predicted molar refractivity (Wildman–Crippen MR) is 69.2 cm³/mol. The molecule has 1 fully saturated rings. The number of sulfone groups is 1. The summed E-state index contributed by atoms with van der Waals surface area (Å²) in [4.78, 5) is 11.6. The summed E-state index contributed by atoms with van der Waals surface area (Å²) >= 11 is 0. The third-order valence-electron chi connectivity index (χ3n) is 2.61. The number of hydrogen-bond acceptors (Lipinski definition) is 5. The minimum atomic E-state index is -2.98. The van der Waals surface area contributed by atoms with Crippen LogP contribution >= 0.6 is 0 Å². The molecule has 0 radical (unpaired) electrons. The van der Waals surface area contributed by atoms with Gasteiger partial charge in [-0.3, -0.25) is 4.79 Å². The van der Waals surface area contributed by atoms with Crippen molar-refractivity contribution >= 4 is 15.7 Å². The number of carbonyl (C=O) groups excluding carboxylic acids is 1. The topological polar surface area (TPSA) is 84.5 Å². The van der Waals surface area contributed by atoms with E-state index in [0.29, 0.717) is 19.7 Å². The molecule has 1 aliphatic rings. The van der Waals surface area contributed by atoms with Gasteiger partial charge in [0.2, 0.25) is 5.91 Å². The molecule has 1 amide bonds. The molecule has 106 valence electrons. The Morgan fingerprint density at radius 1 is 1.50 bits per heavy atom. The summed E-state index contributed by atoms with van der Waals surface area (Å²) in [5.74, 6) is 0.0629. The largest absolute Gasteiger partial charge is 0.377 e. The Labute approximate surface area is 108 Å². The molecule has 0 bridgehead atoms. The lowest BCUT2D eigenvalue weighted by Crippen LogP contribution is -2.47. The Kier molecular flexibility index (Phi) is 6.04. The summed E-state index contributed by atoms with van der Waals surface area (Å²) in [5, 5.41) is 5.76. The Morgan fingerprint density at radius 3 is 2.83 bits per heavy atom. The fourth-order valence-corrected chi connectivity index (χ4v) is 3.22. The van der Waals surface area contributed by atoms with Crippen LogP contribution < -0.4 is 10.6 Å². The molecule has 18 heavy (non-hydrogen) atoms. The van der Waals surface area contributed by atoms with Gasteiger partial charge >= 0.3 is 0 Å². The van der Waals surface area contributed by atoms with Gasteiger partial charge in [0.25, 0.3) is 0 Å². The van der Waals surface area contributed by atoms with Gasteiger partial charge in [0.1, 0.15) is 0 Å². The van der Waals surface area contributed by atoms with Crippen molar-refractivity contribution in [2.45, 2.75) is 32.4 Å². The first-order chi connectivity index (χ1) is 8.39. The van der Waals surface area contributed by atoms with Crippen molar-refractivity contribution < 1.29 is 17.9 Å². The molecule has 1 saturated heterocycles. The molecule has 0 aromatic carbocycles. The zero-order chi connectivity index (χ0) is 13.6. The average Bonchev–Trinajstić information content (AvgIpc) is 2.22. The average molecular weight is 278 g/mol. The number of carbonyl (C=O) groups is 1. The Hall–Kier alpha value is -0.660. The molecule has 1 rings (SSSR count). The van der Waals surface area contributed by atoms with E-state index in [9.17, 15) is 13.2 Å². The van der Waals surface area contributed by atoms with Gasteiger partial charge in [-0.15, -0.1) is 0 Å². The highest BCUT2D eigenvalue weighted by molar-refractivity contribution is 7.91. The Balaban J connectivity index is 2.20. The highest BCUT2D eigenvalue weighted by Gasteiger charge is 2.25. The third kappa shape index (κ3) is 6.32. The van der Waals surface area contributed by atoms with E-state index in [1.54, 1.807) is 0 Å². The molecule has 2 N–H and O–H groups in total. The van der Waals surface area contributed by atoms with E-state index in [1.165, 1.54) is 0 Å². The number of amides is 1. The first-order valence-electron chi connectivity index (χ1n) is 6.21. The maximum absolute atomic E-state index is 11.6. The van der Waals surface area contributed by atoms with Crippen LogP contribution in [0.5, 0.6) is 0 Å². The van der Waals surface area contributed by atoms with Gasteiger partial charge in [0, 0.05) is 25.6 Å². The maximum Gasteiger partial charge on any atom is 0.221 e. The summed E-state index contributed by atoms with van der Waals surface area (Å²) in [7, 11) is -2.98. The maximum atomic E-state index is 11.6. The van der Waals surface area contributed by atoms with Crippen molar-refractivity contribution in [1.29, 1.82) is 0 Å². The molecule has 7 heteroatoms.